The van der Waals surface area contributed by atoms with Crippen LogP contribution in [0.3, 0.4) is 0 Å². The summed E-state index contributed by atoms with van der Waals surface area (Å²) in [4.78, 5) is 51.2. The van der Waals surface area contributed by atoms with E-state index in [0.29, 0.717) is 49.1 Å². The first-order valence-corrected chi connectivity index (χ1v) is 12.4. The number of carbonyl (C=O) groups excluding carboxylic acids is 1. The van der Waals surface area contributed by atoms with E-state index in [-0.39, 0.29) is 23.0 Å². The van der Waals surface area contributed by atoms with Crippen molar-refractivity contribution >= 4 is 50.2 Å². The number of carbonyl (C=O) groups is 1. The Morgan fingerprint density at radius 2 is 2.00 bits per heavy atom. The van der Waals surface area contributed by atoms with Gasteiger partial charge in [0.2, 0.25) is 0 Å². The summed E-state index contributed by atoms with van der Waals surface area (Å²) >= 11 is 2.52. The molecule has 0 aliphatic carbocycles. The molecule has 0 radical (unpaired) electrons. The topological polar surface area (TPSA) is 107 Å². The Kier molecular flexibility index (Phi) is 6.66. The maximum Gasteiger partial charge on any atom is 0.348 e. The zero-order chi connectivity index (χ0) is 23.7. The van der Waals surface area contributed by atoms with Crippen LogP contribution >= 0.6 is 23.1 Å². The Labute approximate surface area is 198 Å². The summed E-state index contributed by atoms with van der Waals surface area (Å²) in [5, 5.41) is 1.27. The quantitative estimate of drug-likeness (QED) is 0.235. The molecule has 10 heteroatoms. The number of benzene rings is 1. The van der Waals surface area contributed by atoms with Gasteiger partial charge in [-0.25, -0.2) is 14.8 Å². The van der Waals surface area contributed by atoms with Crippen molar-refractivity contribution in [1.29, 1.82) is 0 Å². The minimum Gasteiger partial charge on any atom is -0.462 e. The highest BCUT2D eigenvalue weighted by Crippen LogP contribution is 2.34. The van der Waals surface area contributed by atoms with Crippen molar-refractivity contribution in [3.05, 3.63) is 61.2 Å². The molecule has 1 N–H and O–H groups in total. The summed E-state index contributed by atoms with van der Waals surface area (Å²) in [6.07, 6.45) is 0.786. The van der Waals surface area contributed by atoms with Gasteiger partial charge in [-0.3, -0.25) is 14.2 Å². The van der Waals surface area contributed by atoms with Gasteiger partial charge in [-0.15, -0.1) is 11.3 Å². The highest BCUT2D eigenvalue weighted by molar-refractivity contribution is 7.99. The van der Waals surface area contributed by atoms with Crippen LogP contribution in [-0.4, -0.2) is 32.1 Å². The number of rotatable bonds is 7. The van der Waals surface area contributed by atoms with E-state index in [1.165, 1.54) is 11.8 Å². The normalized spacial score (nSPS) is 12.4. The zero-order valence-electron chi connectivity index (χ0n) is 18.8. The van der Waals surface area contributed by atoms with Crippen molar-refractivity contribution in [3.8, 4) is 0 Å². The molecule has 3 aromatic heterocycles. The lowest BCUT2D eigenvalue weighted by molar-refractivity contribution is 0.0531. The minimum atomic E-state index is -0.453. The molecule has 1 atom stereocenters. The van der Waals surface area contributed by atoms with Crippen LogP contribution in [0.15, 0.2) is 39.0 Å². The Morgan fingerprint density at radius 1 is 1.24 bits per heavy atom. The molecule has 0 aliphatic rings. The average Bonchev–Trinajstić information content (AvgIpc) is 3.13. The number of fused-ring (bicyclic) bond motifs is 2. The molecule has 3 heterocycles. The second-order valence-corrected chi connectivity index (χ2v) is 9.84. The molecule has 1 unspecified atom stereocenters. The number of nitrogens with one attached hydrogen (secondary N) is 1. The molecule has 0 bridgehead atoms. The van der Waals surface area contributed by atoms with E-state index in [1.54, 1.807) is 24.5 Å². The number of hydrogen-bond donors (Lipinski definition) is 1. The lowest BCUT2D eigenvalue weighted by Gasteiger charge is -2.15. The zero-order valence-corrected chi connectivity index (χ0v) is 20.4. The van der Waals surface area contributed by atoms with Crippen molar-refractivity contribution in [1.82, 2.24) is 19.5 Å². The largest absolute Gasteiger partial charge is 0.462 e. The second kappa shape index (κ2) is 9.48. The van der Waals surface area contributed by atoms with Gasteiger partial charge in [-0.05, 0) is 44.9 Å². The summed E-state index contributed by atoms with van der Waals surface area (Å²) in [5.41, 5.74) is 0.822. The van der Waals surface area contributed by atoms with E-state index in [0.717, 1.165) is 17.8 Å². The number of hydrogen-bond acceptors (Lipinski definition) is 8. The molecule has 1 aromatic carbocycles. The first-order valence-electron chi connectivity index (χ1n) is 10.7. The average molecular weight is 485 g/mol. The second-order valence-electron chi connectivity index (χ2n) is 7.54. The smallest absolute Gasteiger partial charge is 0.348 e. The molecule has 0 saturated heterocycles. The van der Waals surface area contributed by atoms with Gasteiger partial charge in [0, 0.05) is 6.54 Å². The molecule has 0 amide bonds. The van der Waals surface area contributed by atoms with Crippen molar-refractivity contribution < 1.29 is 9.53 Å². The maximum atomic E-state index is 13.0. The van der Waals surface area contributed by atoms with Crippen molar-refractivity contribution in [2.24, 2.45) is 0 Å². The molecule has 0 fully saturated rings. The number of H-pyrrole nitrogens is 1. The van der Waals surface area contributed by atoms with Gasteiger partial charge in [0.1, 0.15) is 15.5 Å². The third-order valence-electron chi connectivity index (χ3n) is 5.22. The van der Waals surface area contributed by atoms with Crippen LogP contribution in [0.25, 0.3) is 21.1 Å². The summed E-state index contributed by atoms with van der Waals surface area (Å²) in [5.74, 6) is 0.00457. The molecular formula is C23H24N4O4S2. The van der Waals surface area contributed by atoms with Crippen LogP contribution in [0.1, 0.15) is 53.5 Å². The molecule has 8 nitrogen and oxygen atoms in total. The monoisotopic (exact) mass is 484 g/mol. The van der Waals surface area contributed by atoms with Crippen LogP contribution in [0.2, 0.25) is 0 Å². The van der Waals surface area contributed by atoms with E-state index < -0.39 is 5.97 Å². The molecule has 4 aromatic rings. The fraction of sp³-hybridized carbons (Fsp3) is 0.348. The lowest BCUT2D eigenvalue weighted by Crippen LogP contribution is -2.23. The summed E-state index contributed by atoms with van der Waals surface area (Å²) in [7, 11) is 0. The van der Waals surface area contributed by atoms with Crippen LogP contribution < -0.4 is 11.1 Å². The predicted molar refractivity (Wildman–Crippen MR) is 132 cm³/mol. The number of para-hydroxylation sites is 1. The van der Waals surface area contributed by atoms with E-state index in [9.17, 15) is 14.4 Å². The van der Waals surface area contributed by atoms with Gasteiger partial charge < -0.3 is 9.72 Å². The first-order chi connectivity index (χ1) is 15.8. The molecule has 0 spiro atoms. The number of esters is 1. The van der Waals surface area contributed by atoms with E-state index in [4.69, 9.17) is 9.72 Å². The highest BCUT2D eigenvalue weighted by Gasteiger charge is 2.22. The minimum absolute atomic E-state index is 0.0815. The summed E-state index contributed by atoms with van der Waals surface area (Å²) in [6, 6.07) is 7.28. The number of aryl methyl sites for hydroxylation is 1. The standard InChI is InChI=1S/C23H24N4O4S2/c1-5-11-27-21(29)14-9-7-8-10-15(14)24-23(27)32-13(4)18-25-19(28)16-12(3)17(22(30)31-6-2)33-20(16)26-18/h7-10,13H,5-6,11H2,1-4H3,(H,25,26,28). The summed E-state index contributed by atoms with van der Waals surface area (Å²) < 4.78 is 6.78. The maximum absolute atomic E-state index is 13.0. The third-order valence-corrected chi connectivity index (χ3v) is 7.49. The Bertz CT molecular complexity index is 1470. The molecule has 0 aliphatic heterocycles. The number of ether oxygens (including phenoxy) is 1. The molecule has 0 saturated carbocycles. The van der Waals surface area contributed by atoms with Crippen LogP contribution in [0, 0.1) is 6.92 Å². The van der Waals surface area contributed by atoms with E-state index >= 15 is 0 Å². The SMILES string of the molecule is CCCn1c(SC(C)c2nc3sc(C(=O)OCC)c(C)c3c(=O)[nH]2)nc2ccccc2c1=O. The first kappa shape index (κ1) is 23.2. The molecule has 33 heavy (non-hydrogen) atoms. The third kappa shape index (κ3) is 4.32. The van der Waals surface area contributed by atoms with Crippen molar-refractivity contribution in [2.75, 3.05) is 6.61 Å². The Morgan fingerprint density at radius 3 is 2.73 bits per heavy atom. The summed E-state index contributed by atoms with van der Waals surface area (Å²) in [6.45, 7) is 8.17. The van der Waals surface area contributed by atoms with Crippen LogP contribution in [-0.2, 0) is 11.3 Å². The van der Waals surface area contributed by atoms with Gasteiger partial charge in [0.05, 0.1) is 28.1 Å². The van der Waals surface area contributed by atoms with E-state index in [2.05, 4.69) is 9.97 Å². The highest BCUT2D eigenvalue weighted by atomic mass is 32.2. The van der Waals surface area contributed by atoms with Crippen LogP contribution in [0.5, 0.6) is 0 Å². The van der Waals surface area contributed by atoms with Crippen LogP contribution in [0.4, 0.5) is 0 Å². The van der Waals surface area contributed by atoms with E-state index in [1.807, 2.05) is 32.0 Å². The van der Waals surface area contributed by atoms with Gasteiger partial charge in [-0.2, -0.15) is 0 Å². The number of aromatic amines is 1. The van der Waals surface area contributed by atoms with Crippen molar-refractivity contribution in [2.45, 2.75) is 51.1 Å². The molecular weight excluding hydrogens is 460 g/mol. The Hall–Kier alpha value is -2.98. The molecule has 4 rings (SSSR count). The molecule has 172 valence electrons. The lowest BCUT2D eigenvalue weighted by atomic mass is 10.2. The van der Waals surface area contributed by atoms with Gasteiger partial charge in [-0.1, -0.05) is 30.8 Å². The number of thiophene rings is 1. The van der Waals surface area contributed by atoms with Gasteiger partial charge >= 0.3 is 5.97 Å². The van der Waals surface area contributed by atoms with Crippen molar-refractivity contribution in [3.63, 3.8) is 0 Å². The van der Waals surface area contributed by atoms with Gasteiger partial charge in [0.15, 0.2) is 5.16 Å². The number of nitrogens with zero attached hydrogens (tertiary/aromatic N) is 3. The fourth-order valence-electron chi connectivity index (χ4n) is 3.62. The number of thioether (sulfide) groups is 1. The fourth-order valence-corrected chi connectivity index (χ4v) is 5.69. The Balaban J connectivity index is 1.75. The van der Waals surface area contributed by atoms with Gasteiger partial charge in [0.25, 0.3) is 11.1 Å². The number of aromatic nitrogens is 4. The predicted octanol–water partition coefficient (Wildman–Crippen LogP) is 4.44.